The van der Waals surface area contributed by atoms with Crippen molar-refractivity contribution in [3.05, 3.63) is 113 Å². The van der Waals surface area contributed by atoms with Crippen LogP contribution in [0.3, 0.4) is 0 Å². The van der Waals surface area contributed by atoms with Crippen LogP contribution in [0.25, 0.3) is 21.8 Å². The Bertz CT molecular complexity index is 1550. The van der Waals surface area contributed by atoms with Gasteiger partial charge in [0, 0.05) is 34.6 Å². The highest BCUT2D eigenvalue weighted by molar-refractivity contribution is 6.01. The van der Waals surface area contributed by atoms with Crippen molar-refractivity contribution in [2.24, 2.45) is 15.9 Å². The molecule has 5 nitrogen and oxygen atoms in total. The van der Waals surface area contributed by atoms with Crippen LogP contribution in [0.4, 0.5) is 0 Å². The van der Waals surface area contributed by atoms with Gasteiger partial charge in [0.05, 0.1) is 11.7 Å². The van der Waals surface area contributed by atoms with E-state index in [-0.39, 0.29) is 5.84 Å². The molecule has 0 amide bonds. The fourth-order valence-electron chi connectivity index (χ4n) is 4.55. The Labute approximate surface area is 199 Å². The van der Waals surface area contributed by atoms with Crippen LogP contribution in [0.1, 0.15) is 33.5 Å². The summed E-state index contributed by atoms with van der Waals surface area (Å²) in [5, 5.41) is 10.7. The van der Waals surface area contributed by atoms with Gasteiger partial charge >= 0.3 is 0 Å². The molecule has 0 spiro atoms. The SMILES string of the molecule is Cc1cc(C)c(Cn2cc(/C=N\N=C(/N)c3ccc4ccccc4n3)c3ccccc32)c(C)c1. The Balaban J connectivity index is 1.46. The van der Waals surface area contributed by atoms with Gasteiger partial charge in [0.25, 0.3) is 0 Å². The molecule has 2 heterocycles. The molecule has 0 aliphatic carbocycles. The molecule has 5 rings (SSSR count). The van der Waals surface area contributed by atoms with Gasteiger partial charge in [-0.15, -0.1) is 5.10 Å². The van der Waals surface area contributed by atoms with E-state index in [2.05, 4.69) is 77.1 Å². The van der Waals surface area contributed by atoms with Gasteiger partial charge in [0.15, 0.2) is 5.84 Å². The van der Waals surface area contributed by atoms with E-state index in [1.807, 2.05) is 42.5 Å². The maximum absolute atomic E-state index is 6.18. The van der Waals surface area contributed by atoms with Crippen molar-refractivity contribution in [3.63, 3.8) is 0 Å². The lowest BCUT2D eigenvalue weighted by molar-refractivity contribution is 0.822. The molecular formula is C29H27N5. The second kappa shape index (κ2) is 8.94. The van der Waals surface area contributed by atoms with E-state index in [4.69, 9.17) is 5.73 Å². The first kappa shape index (κ1) is 21.6. The summed E-state index contributed by atoms with van der Waals surface area (Å²) < 4.78 is 2.28. The van der Waals surface area contributed by atoms with Crippen molar-refractivity contribution in [2.45, 2.75) is 27.3 Å². The van der Waals surface area contributed by atoms with E-state index in [1.54, 1.807) is 6.21 Å². The average Bonchev–Trinajstić information content (AvgIpc) is 3.18. The molecule has 0 radical (unpaired) electrons. The summed E-state index contributed by atoms with van der Waals surface area (Å²) in [6, 6.07) is 24.6. The molecule has 0 aliphatic rings. The predicted molar refractivity (Wildman–Crippen MR) is 142 cm³/mol. The van der Waals surface area contributed by atoms with Gasteiger partial charge in [-0.3, -0.25) is 0 Å². The highest BCUT2D eigenvalue weighted by Crippen LogP contribution is 2.24. The molecule has 34 heavy (non-hydrogen) atoms. The van der Waals surface area contributed by atoms with Crippen LogP contribution in [0, 0.1) is 20.8 Å². The molecule has 0 fully saturated rings. The van der Waals surface area contributed by atoms with Gasteiger partial charge in [0.1, 0.15) is 5.69 Å². The van der Waals surface area contributed by atoms with E-state index in [9.17, 15) is 0 Å². The first-order chi connectivity index (χ1) is 16.5. The third-order valence-electron chi connectivity index (χ3n) is 6.21. The quantitative estimate of drug-likeness (QED) is 0.208. The van der Waals surface area contributed by atoms with E-state index in [0.29, 0.717) is 5.69 Å². The van der Waals surface area contributed by atoms with Crippen molar-refractivity contribution >= 4 is 33.9 Å². The van der Waals surface area contributed by atoms with Crippen molar-refractivity contribution in [1.82, 2.24) is 9.55 Å². The topological polar surface area (TPSA) is 68.6 Å². The lowest BCUT2D eigenvalue weighted by atomic mass is 10.00. The zero-order valence-corrected chi connectivity index (χ0v) is 19.7. The third-order valence-corrected chi connectivity index (χ3v) is 6.21. The van der Waals surface area contributed by atoms with Crippen LogP contribution in [0.2, 0.25) is 0 Å². The summed E-state index contributed by atoms with van der Waals surface area (Å²) in [6.07, 6.45) is 3.90. The molecule has 168 valence electrons. The molecule has 2 N–H and O–H groups in total. The Kier molecular flexibility index (Phi) is 5.68. The maximum atomic E-state index is 6.18. The number of fused-ring (bicyclic) bond motifs is 2. The fraction of sp³-hybridized carbons (Fsp3) is 0.138. The summed E-state index contributed by atoms with van der Waals surface area (Å²) in [5.41, 5.74) is 15.1. The number of pyridine rings is 1. The number of hydrogen-bond acceptors (Lipinski definition) is 3. The van der Waals surface area contributed by atoms with Gasteiger partial charge < -0.3 is 10.3 Å². The molecule has 0 aliphatic heterocycles. The largest absolute Gasteiger partial charge is 0.380 e. The number of aryl methyl sites for hydroxylation is 3. The summed E-state index contributed by atoms with van der Waals surface area (Å²) >= 11 is 0. The number of benzene rings is 3. The molecule has 0 saturated heterocycles. The molecule has 5 heteroatoms. The van der Waals surface area contributed by atoms with Crippen molar-refractivity contribution in [1.29, 1.82) is 0 Å². The summed E-state index contributed by atoms with van der Waals surface area (Å²) in [5.74, 6) is 0.289. The second-order valence-electron chi connectivity index (χ2n) is 8.73. The van der Waals surface area contributed by atoms with Gasteiger partial charge in [-0.25, -0.2) is 4.98 Å². The molecule has 3 aromatic carbocycles. The molecule has 2 aromatic heterocycles. The molecule has 0 bridgehead atoms. The van der Waals surface area contributed by atoms with Crippen LogP contribution in [-0.2, 0) is 6.54 Å². The first-order valence-electron chi connectivity index (χ1n) is 11.4. The lowest BCUT2D eigenvalue weighted by Gasteiger charge is -2.13. The first-order valence-corrected chi connectivity index (χ1v) is 11.4. The Hall–Kier alpha value is -4.25. The number of aromatic nitrogens is 2. The Morgan fingerprint density at radius 2 is 1.68 bits per heavy atom. The van der Waals surface area contributed by atoms with Gasteiger partial charge in [-0.2, -0.15) is 5.10 Å². The molecular weight excluding hydrogens is 418 g/mol. The zero-order chi connectivity index (χ0) is 23.7. The van der Waals surface area contributed by atoms with E-state index < -0.39 is 0 Å². The molecule has 0 saturated carbocycles. The number of amidine groups is 1. The zero-order valence-electron chi connectivity index (χ0n) is 19.7. The number of nitrogens with two attached hydrogens (primary N) is 1. The van der Waals surface area contributed by atoms with Gasteiger partial charge in [-0.05, 0) is 55.7 Å². The normalized spacial score (nSPS) is 12.3. The van der Waals surface area contributed by atoms with Crippen LogP contribution >= 0.6 is 0 Å². The predicted octanol–water partition coefficient (Wildman–Crippen LogP) is 5.90. The van der Waals surface area contributed by atoms with Gasteiger partial charge in [-0.1, -0.05) is 60.2 Å². The minimum Gasteiger partial charge on any atom is -0.380 e. The van der Waals surface area contributed by atoms with Crippen molar-refractivity contribution < 1.29 is 0 Å². The standard InChI is InChI=1S/C29H27N5/c1-19-14-20(2)25(21(3)15-19)18-34-17-23(24-9-5-7-11-28(24)34)16-31-33-29(30)27-13-12-22-8-4-6-10-26(22)32-27/h4-17H,18H2,1-3H3,(H2,30,33)/b31-16-. The van der Waals surface area contributed by atoms with Crippen LogP contribution in [-0.4, -0.2) is 21.6 Å². The summed E-state index contributed by atoms with van der Waals surface area (Å²) in [4.78, 5) is 4.59. The number of nitrogens with zero attached hydrogens (tertiary/aromatic N) is 4. The second-order valence-corrected chi connectivity index (χ2v) is 8.73. The Morgan fingerprint density at radius 1 is 0.941 bits per heavy atom. The average molecular weight is 446 g/mol. The summed E-state index contributed by atoms with van der Waals surface area (Å²) in [7, 11) is 0. The highest BCUT2D eigenvalue weighted by Gasteiger charge is 2.10. The highest BCUT2D eigenvalue weighted by atomic mass is 15.2. The summed E-state index contributed by atoms with van der Waals surface area (Å²) in [6.45, 7) is 7.31. The third kappa shape index (κ3) is 4.20. The number of rotatable bonds is 5. The number of hydrogen-bond donors (Lipinski definition) is 1. The van der Waals surface area contributed by atoms with E-state index in [0.717, 1.165) is 33.9 Å². The fourth-order valence-corrected chi connectivity index (χ4v) is 4.55. The van der Waals surface area contributed by atoms with Crippen LogP contribution < -0.4 is 5.73 Å². The van der Waals surface area contributed by atoms with Crippen LogP contribution in [0.5, 0.6) is 0 Å². The van der Waals surface area contributed by atoms with E-state index in [1.165, 1.54) is 22.3 Å². The lowest BCUT2D eigenvalue weighted by Crippen LogP contribution is -2.14. The van der Waals surface area contributed by atoms with Crippen LogP contribution in [0.15, 0.2) is 89.2 Å². The van der Waals surface area contributed by atoms with Gasteiger partial charge in [0.2, 0.25) is 0 Å². The smallest absolute Gasteiger partial charge is 0.172 e. The monoisotopic (exact) mass is 445 g/mol. The minimum absolute atomic E-state index is 0.289. The van der Waals surface area contributed by atoms with E-state index >= 15 is 0 Å². The van der Waals surface area contributed by atoms with Crippen molar-refractivity contribution in [2.75, 3.05) is 0 Å². The Morgan fingerprint density at radius 3 is 2.50 bits per heavy atom. The molecule has 0 unspecified atom stereocenters. The number of para-hydroxylation sites is 2. The van der Waals surface area contributed by atoms with Crippen molar-refractivity contribution in [3.8, 4) is 0 Å². The maximum Gasteiger partial charge on any atom is 0.172 e. The molecule has 0 atom stereocenters. The molecule has 5 aromatic rings. The minimum atomic E-state index is 0.289.